The quantitative estimate of drug-likeness (QED) is 0.832. The molecule has 0 spiro atoms. The summed E-state index contributed by atoms with van der Waals surface area (Å²) in [5.74, 6) is 1.49. The van der Waals surface area contributed by atoms with Crippen LogP contribution in [0.2, 0.25) is 0 Å². The molecule has 0 unspecified atom stereocenters. The monoisotopic (exact) mass is 241 g/mol. The summed E-state index contributed by atoms with van der Waals surface area (Å²) >= 11 is 5.66. The lowest BCUT2D eigenvalue weighted by atomic mass is 10.1. The summed E-state index contributed by atoms with van der Waals surface area (Å²) in [4.78, 5) is 0. The van der Waals surface area contributed by atoms with Crippen LogP contribution >= 0.6 is 11.6 Å². The maximum Gasteiger partial charge on any atom is 0.126 e. The summed E-state index contributed by atoms with van der Waals surface area (Å²) in [6.07, 6.45) is 0.758. The van der Waals surface area contributed by atoms with Crippen LogP contribution in [-0.4, -0.2) is 20.3 Å². The molecule has 0 heterocycles. The molecule has 1 aromatic rings. The van der Waals surface area contributed by atoms with E-state index in [0.717, 1.165) is 23.5 Å². The van der Waals surface area contributed by atoms with Crippen LogP contribution in [0.3, 0.4) is 0 Å². The fraction of sp³-hybridized carbons (Fsp3) is 0.333. The van der Waals surface area contributed by atoms with Crippen molar-refractivity contribution >= 4 is 11.6 Å². The van der Waals surface area contributed by atoms with Gasteiger partial charge in [0.2, 0.25) is 0 Å². The van der Waals surface area contributed by atoms with Crippen molar-refractivity contribution in [2.45, 2.75) is 6.42 Å². The third kappa shape index (κ3) is 3.76. The Morgan fingerprint density at radius 1 is 1.50 bits per heavy atom. The topological polar surface area (TPSA) is 44.5 Å². The molecular formula is C12H16ClNO2. The minimum atomic E-state index is 0.284. The van der Waals surface area contributed by atoms with Crippen LogP contribution in [0.5, 0.6) is 11.5 Å². The van der Waals surface area contributed by atoms with E-state index in [-0.39, 0.29) is 6.61 Å². The van der Waals surface area contributed by atoms with Gasteiger partial charge in [0.1, 0.15) is 18.1 Å². The predicted octanol–water partition coefficient (Wildman–Crippen LogP) is 2.33. The van der Waals surface area contributed by atoms with Crippen molar-refractivity contribution in [3.8, 4) is 11.5 Å². The number of hydrogen-bond acceptors (Lipinski definition) is 3. The average molecular weight is 242 g/mol. The Labute approximate surface area is 101 Å². The van der Waals surface area contributed by atoms with Crippen LogP contribution in [-0.2, 0) is 6.42 Å². The number of methoxy groups -OCH3 is 1. The third-order valence-corrected chi connectivity index (χ3v) is 2.18. The van der Waals surface area contributed by atoms with Crippen molar-refractivity contribution in [1.29, 1.82) is 0 Å². The highest BCUT2D eigenvalue weighted by Gasteiger charge is 2.05. The van der Waals surface area contributed by atoms with E-state index in [1.54, 1.807) is 7.11 Å². The van der Waals surface area contributed by atoms with Crippen LogP contribution in [0.15, 0.2) is 29.8 Å². The fourth-order valence-corrected chi connectivity index (χ4v) is 1.37. The molecule has 2 N–H and O–H groups in total. The zero-order chi connectivity index (χ0) is 12.0. The molecule has 0 aliphatic carbocycles. The van der Waals surface area contributed by atoms with Crippen LogP contribution in [0, 0.1) is 0 Å². The van der Waals surface area contributed by atoms with Gasteiger partial charge in [-0.3, -0.25) is 0 Å². The first kappa shape index (κ1) is 12.9. The fourth-order valence-electron chi connectivity index (χ4n) is 1.31. The van der Waals surface area contributed by atoms with Gasteiger partial charge in [-0.05, 0) is 24.6 Å². The normalized spacial score (nSPS) is 9.94. The van der Waals surface area contributed by atoms with Gasteiger partial charge in [0.05, 0.1) is 7.11 Å². The van der Waals surface area contributed by atoms with E-state index in [2.05, 4.69) is 6.58 Å². The zero-order valence-electron chi connectivity index (χ0n) is 9.33. The van der Waals surface area contributed by atoms with Gasteiger partial charge >= 0.3 is 0 Å². The first-order chi connectivity index (χ1) is 7.67. The Kier molecular flexibility index (Phi) is 5.15. The van der Waals surface area contributed by atoms with E-state index in [4.69, 9.17) is 26.8 Å². The average Bonchev–Trinajstić information content (AvgIpc) is 2.28. The van der Waals surface area contributed by atoms with Gasteiger partial charge in [-0.2, -0.15) is 0 Å². The predicted molar refractivity (Wildman–Crippen MR) is 66.2 cm³/mol. The van der Waals surface area contributed by atoms with Gasteiger partial charge in [-0.25, -0.2) is 0 Å². The van der Waals surface area contributed by atoms with Crippen molar-refractivity contribution in [2.75, 3.05) is 20.3 Å². The molecule has 3 nitrogen and oxygen atoms in total. The first-order valence-electron chi connectivity index (χ1n) is 5.00. The summed E-state index contributed by atoms with van der Waals surface area (Å²) in [5.41, 5.74) is 6.57. The molecule has 0 bridgehead atoms. The molecule has 0 radical (unpaired) electrons. The van der Waals surface area contributed by atoms with E-state index >= 15 is 0 Å². The van der Waals surface area contributed by atoms with Crippen molar-refractivity contribution in [3.63, 3.8) is 0 Å². The van der Waals surface area contributed by atoms with Crippen molar-refractivity contribution in [1.82, 2.24) is 0 Å². The molecule has 0 aliphatic rings. The van der Waals surface area contributed by atoms with Crippen molar-refractivity contribution < 1.29 is 9.47 Å². The lowest BCUT2D eigenvalue weighted by molar-refractivity contribution is 0.350. The molecule has 0 aliphatic heterocycles. The molecule has 0 amide bonds. The van der Waals surface area contributed by atoms with Crippen LogP contribution in [0.1, 0.15) is 5.56 Å². The Morgan fingerprint density at radius 2 is 2.25 bits per heavy atom. The molecule has 88 valence electrons. The van der Waals surface area contributed by atoms with E-state index in [0.29, 0.717) is 11.6 Å². The molecule has 16 heavy (non-hydrogen) atoms. The molecular weight excluding hydrogens is 226 g/mol. The second-order valence-corrected chi connectivity index (χ2v) is 3.85. The minimum absolute atomic E-state index is 0.284. The maximum absolute atomic E-state index is 5.66. The Hall–Kier alpha value is -1.19. The standard InChI is InChI=1S/C12H16ClNO2/c1-9(13)8-16-12-7-11(15-2)4-3-10(12)5-6-14/h3-4,7H,1,5-6,8,14H2,2H3. The van der Waals surface area contributed by atoms with E-state index < -0.39 is 0 Å². The number of ether oxygens (including phenoxy) is 2. The Balaban J connectivity index is 2.86. The SMILES string of the molecule is C=C(Cl)COc1cc(OC)ccc1CCN. The lowest BCUT2D eigenvalue weighted by Gasteiger charge is -2.12. The largest absolute Gasteiger partial charge is 0.497 e. The smallest absolute Gasteiger partial charge is 0.126 e. The van der Waals surface area contributed by atoms with Gasteiger partial charge in [0, 0.05) is 11.1 Å². The molecule has 0 fully saturated rings. The first-order valence-corrected chi connectivity index (χ1v) is 5.38. The molecule has 0 aromatic heterocycles. The summed E-state index contributed by atoms with van der Waals surface area (Å²) in [5, 5.41) is 0.460. The summed E-state index contributed by atoms with van der Waals surface area (Å²) in [6.45, 7) is 4.43. The number of hydrogen-bond donors (Lipinski definition) is 1. The number of halogens is 1. The van der Waals surface area contributed by atoms with Crippen LogP contribution in [0.4, 0.5) is 0 Å². The van der Waals surface area contributed by atoms with Crippen LogP contribution < -0.4 is 15.2 Å². The van der Waals surface area contributed by atoms with Gasteiger partial charge in [0.15, 0.2) is 0 Å². The number of rotatable bonds is 6. The summed E-state index contributed by atoms with van der Waals surface area (Å²) in [7, 11) is 1.61. The van der Waals surface area contributed by atoms with Gasteiger partial charge in [0.25, 0.3) is 0 Å². The van der Waals surface area contributed by atoms with Gasteiger partial charge in [-0.1, -0.05) is 24.2 Å². The summed E-state index contributed by atoms with van der Waals surface area (Å²) < 4.78 is 10.7. The number of benzene rings is 1. The Bertz CT molecular complexity index is 366. The molecule has 0 saturated carbocycles. The van der Waals surface area contributed by atoms with Crippen LogP contribution in [0.25, 0.3) is 0 Å². The molecule has 1 rings (SSSR count). The zero-order valence-corrected chi connectivity index (χ0v) is 10.1. The number of nitrogens with two attached hydrogens (primary N) is 1. The van der Waals surface area contributed by atoms with Crippen molar-refractivity contribution in [3.05, 3.63) is 35.4 Å². The van der Waals surface area contributed by atoms with E-state index in [1.807, 2.05) is 18.2 Å². The highest BCUT2D eigenvalue weighted by molar-refractivity contribution is 6.29. The summed E-state index contributed by atoms with van der Waals surface area (Å²) in [6, 6.07) is 5.65. The minimum Gasteiger partial charge on any atom is -0.497 e. The third-order valence-electron chi connectivity index (χ3n) is 2.07. The molecule has 0 atom stereocenters. The second kappa shape index (κ2) is 6.40. The highest BCUT2D eigenvalue weighted by atomic mass is 35.5. The molecule has 1 aromatic carbocycles. The van der Waals surface area contributed by atoms with Gasteiger partial charge in [-0.15, -0.1) is 0 Å². The molecule has 4 heteroatoms. The van der Waals surface area contributed by atoms with Crippen molar-refractivity contribution in [2.24, 2.45) is 5.73 Å². The molecule has 0 saturated heterocycles. The Morgan fingerprint density at radius 3 is 2.81 bits per heavy atom. The van der Waals surface area contributed by atoms with E-state index in [9.17, 15) is 0 Å². The second-order valence-electron chi connectivity index (χ2n) is 3.32. The van der Waals surface area contributed by atoms with Gasteiger partial charge < -0.3 is 15.2 Å². The maximum atomic E-state index is 5.66. The van der Waals surface area contributed by atoms with E-state index in [1.165, 1.54) is 0 Å². The highest BCUT2D eigenvalue weighted by Crippen LogP contribution is 2.25. The lowest BCUT2D eigenvalue weighted by Crippen LogP contribution is -2.06.